The first-order valence-electron chi connectivity index (χ1n) is 5.21. The van der Waals surface area contributed by atoms with Crippen LogP contribution in [0.25, 0.3) is 0 Å². The number of imide groups is 1. The average molecular weight is 249 g/mol. The van der Waals surface area contributed by atoms with E-state index in [1.54, 1.807) is 18.2 Å². The molecule has 0 aliphatic carbocycles. The molecule has 0 N–H and O–H groups in total. The zero-order valence-electron chi connectivity index (χ0n) is 9.88. The van der Waals surface area contributed by atoms with Crippen molar-refractivity contribution in [2.24, 2.45) is 0 Å². The van der Waals surface area contributed by atoms with Crippen molar-refractivity contribution in [3.05, 3.63) is 35.4 Å². The van der Waals surface area contributed by atoms with Crippen molar-refractivity contribution in [2.45, 2.75) is 5.92 Å². The summed E-state index contributed by atoms with van der Waals surface area (Å²) in [6.07, 6.45) is 0. The van der Waals surface area contributed by atoms with Gasteiger partial charge in [-0.05, 0) is 11.6 Å². The molecule has 1 aromatic rings. The maximum atomic E-state index is 12.0. The van der Waals surface area contributed by atoms with Gasteiger partial charge >= 0.3 is 5.97 Å². The molecule has 0 bridgehead atoms. The maximum Gasteiger partial charge on any atom is 0.322 e. The number of benzene rings is 1. The van der Waals surface area contributed by atoms with Crippen LogP contribution in [0.1, 0.15) is 21.8 Å². The van der Waals surface area contributed by atoms with Gasteiger partial charge in [-0.15, -0.1) is 5.06 Å². The molecule has 18 heavy (non-hydrogen) atoms. The number of hydroxylamine groups is 2. The number of methoxy groups -OCH3 is 1. The van der Waals surface area contributed by atoms with Gasteiger partial charge in [0.2, 0.25) is 0 Å². The van der Waals surface area contributed by atoms with Crippen molar-refractivity contribution >= 4 is 17.8 Å². The van der Waals surface area contributed by atoms with Crippen molar-refractivity contribution in [1.29, 1.82) is 0 Å². The first-order chi connectivity index (χ1) is 8.61. The van der Waals surface area contributed by atoms with Gasteiger partial charge in [0.05, 0.1) is 14.2 Å². The van der Waals surface area contributed by atoms with Crippen LogP contribution in [0.2, 0.25) is 0 Å². The van der Waals surface area contributed by atoms with Crippen molar-refractivity contribution in [1.82, 2.24) is 5.06 Å². The molecular formula is C12H11NO5. The fraction of sp³-hybridized carbons (Fsp3) is 0.250. The quantitative estimate of drug-likeness (QED) is 0.433. The molecular weight excluding hydrogens is 238 g/mol. The molecule has 2 amide bonds. The highest BCUT2D eigenvalue weighted by molar-refractivity contribution is 6.17. The number of rotatable bonds is 2. The van der Waals surface area contributed by atoms with E-state index in [9.17, 15) is 14.4 Å². The Morgan fingerprint density at radius 1 is 1.22 bits per heavy atom. The van der Waals surface area contributed by atoms with Crippen molar-refractivity contribution < 1.29 is 24.0 Å². The second-order valence-electron chi connectivity index (χ2n) is 3.66. The van der Waals surface area contributed by atoms with E-state index < -0.39 is 23.7 Å². The fourth-order valence-corrected chi connectivity index (χ4v) is 1.92. The molecule has 1 aliphatic rings. The van der Waals surface area contributed by atoms with E-state index in [4.69, 9.17) is 4.84 Å². The lowest BCUT2D eigenvalue weighted by molar-refractivity contribution is -0.169. The molecule has 0 saturated heterocycles. The summed E-state index contributed by atoms with van der Waals surface area (Å²) < 4.78 is 4.59. The zero-order chi connectivity index (χ0) is 13.3. The van der Waals surface area contributed by atoms with Crippen LogP contribution in [0.3, 0.4) is 0 Å². The minimum Gasteiger partial charge on any atom is -0.468 e. The number of ether oxygens (including phenoxy) is 1. The molecule has 6 heteroatoms. The number of nitrogens with zero attached hydrogens (tertiary/aromatic N) is 1. The molecule has 94 valence electrons. The first kappa shape index (κ1) is 12.3. The van der Waals surface area contributed by atoms with Gasteiger partial charge in [0.25, 0.3) is 11.8 Å². The Kier molecular flexibility index (Phi) is 3.12. The second kappa shape index (κ2) is 4.58. The fourth-order valence-electron chi connectivity index (χ4n) is 1.92. The third-order valence-electron chi connectivity index (χ3n) is 2.75. The summed E-state index contributed by atoms with van der Waals surface area (Å²) in [6.45, 7) is 0. The topological polar surface area (TPSA) is 72.9 Å². The molecule has 1 atom stereocenters. The summed E-state index contributed by atoms with van der Waals surface area (Å²) in [5.74, 6) is -3.21. The number of carbonyl (C=O) groups is 3. The average Bonchev–Trinajstić information content (AvgIpc) is 2.39. The lowest BCUT2D eigenvalue weighted by Crippen LogP contribution is -2.46. The first-order valence-corrected chi connectivity index (χ1v) is 5.21. The smallest absolute Gasteiger partial charge is 0.322 e. The normalized spacial score (nSPS) is 18.6. The van der Waals surface area contributed by atoms with E-state index in [0.717, 1.165) is 0 Å². The van der Waals surface area contributed by atoms with Crippen molar-refractivity contribution in [2.75, 3.05) is 14.2 Å². The molecule has 0 radical (unpaired) electrons. The largest absolute Gasteiger partial charge is 0.468 e. The van der Waals surface area contributed by atoms with Crippen LogP contribution in [0.15, 0.2) is 24.3 Å². The van der Waals surface area contributed by atoms with Crippen LogP contribution in [-0.4, -0.2) is 37.1 Å². The highest BCUT2D eigenvalue weighted by Crippen LogP contribution is 2.30. The summed E-state index contributed by atoms with van der Waals surface area (Å²) in [5, 5.41) is 0.573. The van der Waals surface area contributed by atoms with Gasteiger partial charge in [-0.2, -0.15) is 0 Å². The number of hydrogen-bond acceptors (Lipinski definition) is 5. The standard InChI is InChI=1S/C12H11NO5/c1-17-12(16)9-7-5-3-4-6-8(7)10(14)13(18-2)11(9)15/h3-6,9H,1-2H3. The minimum atomic E-state index is -1.16. The van der Waals surface area contributed by atoms with Crippen LogP contribution < -0.4 is 0 Å². The minimum absolute atomic E-state index is 0.259. The Labute approximate surface area is 103 Å². The monoisotopic (exact) mass is 249 g/mol. The highest BCUT2D eigenvalue weighted by Gasteiger charge is 2.43. The number of carbonyl (C=O) groups excluding carboxylic acids is 3. The number of amides is 2. The molecule has 1 aliphatic heterocycles. The van der Waals surface area contributed by atoms with Crippen molar-refractivity contribution in [3.63, 3.8) is 0 Å². The Morgan fingerprint density at radius 2 is 1.89 bits per heavy atom. The maximum absolute atomic E-state index is 12.0. The van der Waals surface area contributed by atoms with E-state index >= 15 is 0 Å². The van der Waals surface area contributed by atoms with Crippen LogP contribution >= 0.6 is 0 Å². The lowest BCUT2D eigenvalue weighted by atomic mass is 9.89. The van der Waals surface area contributed by atoms with Crippen LogP contribution in [0.5, 0.6) is 0 Å². The lowest BCUT2D eigenvalue weighted by Gasteiger charge is -2.28. The molecule has 0 saturated carbocycles. The van der Waals surface area contributed by atoms with Crippen molar-refractivity contribution in [3.8, 4) is 0 Å². The predicted octanol–water partition coefficient (Wildman–Crippen LogP) is 0.487. The molecule has 2 rings (SSSR count). The SMILES string of the molecule is COC(=O)C1C(=O)N(OC)C(=O)c2ccccc21. The molecule has 1 heterocycles. The van der Waals surface area contributed by atoms with Gasteiger partial charge in [0.15, 0.2) is 5.92 Å². The Balaban J connectivity index is 2.60. The van der Waals surface area contributed by atoms with Gasteiger partial charge in [-0.1, -0.05) is 18.2 Å². The van der Waals surface area contributed by atoms with Gasteiger partial charge in [-0.3, -0.25) is 19.2 Å². The summed E-state index contributed by atoms with van der Waals surface area (Å²) in [5.41, 5.74) is 0.599. The van der Waals surface area contributed by atoms with Crippen LogP contribution in [0, 0.1) is 0 Å². The summed E-state index contributed by atoms with van der Waals surface area (Å²) >= 11 is 0. The third kappa shape index (κ3) is 1.67. The highest BCUT2D eigenvalue weighted by atomic mass is 16.7. The number of hydrogen-bond donors (Lipinski definition) is 0. The van der Waals surface area contributed by atoms with E-state index in [-0.39, 0.29) is 5.56 Å². The van der Waals surface area contributed by atoms with E-state index in [0.29, 0.717) is 10.6 Å². The van der Waals surface area contributed by atoms with Crippen LogP contribution in [0.4, 0.5) is 0 Å². The third-order valence-corrected chi connectivity index (χ3v) is 2.75. The second-order valence-corrected chi connectivity index (χ2v) is 3.66. The molecule has 1 aromatic carbocycles. The molecule has 0 aromatic heterocycles. The number of esters is 1. The Bertz CT molecular complexity index is 525. The van der Waals surface area contributed by atoms with E-state index in [1.807, 2.05) is 0 Å². The van der Waals surface area contributed by atoms with Crippen LogP contribution in [-0.2, 0) is 19.2 Å². The number of fused-ring (bicyclic) bond motifs is 1. The molecule has 6 nitrogen and oxygen atoms in total. The predicted molar refractivity (Wildman–Crippen MR) is 59.4 cm³/mol. The van der Waals surface area contributed by atoms with Gasteiger partial charge in [0.1, 0.15) is 0 Å². The van der Waals surface area contributed by atoms with E-state index in [1.165, 1.54) is 20.3 Å². The summed E-state index contributed by atoms with van der Waals surface area (Å²) in [7, 11) is 2.38. The van der Waals surface area contributed by atoms with Gasteiger partial charge in [0, 0.05) is 5.56 Å². The molecule has 0 fully saturated rings. The Hall–Kier alpha value is -2.21. The van der Waals surface area contributed by atoms with Gasteiger partial charge < -0.3 is 4.74 Å². The molecule has 1 unspecified atom stereocenters. The zero-order valence-corrected chi connectivity index (χ0v) is 9.88. The van der Waals surface area contributed by atoms with Gasteiger partial charge in [-0.25, -0.2) is 0 Å². The van der Waals surface area contributed by atoms with E-state index in [2.05, 4.69) is 4.74 Å². The summed E-state index contributed by atoms with van der Waals surface area (Å²) in [4.78, 5) is 40.3. The Morgan fingerprint density at radius 3 is 2.50 bits per heavy atom. The molecule has 0 spiro atoms. The summed E-state index contributed by atoms with van der Waals surface area (Å²) in [6, 6.07) is 6.39.